The Morgan fingerprint density at radius 3 is 2.33 bits per heavy atom. The van der Waals surface area contributed by atoms with Crippen LogP contribution in [0.3, 0.4) is 0 Å². The molecule has 1 heterocycles. The minimum absolute atomic E-state index is 0.0765. The van der Waals surface area contributed by atoms with Gasteiger partial charge in [0, 0.05) is 12.1 Å². The summed E-state index contributed by atoms with van der Waals surface area (Å²) in [5.41, 5.74) is 0.723. The Morgan fingerprint density at radius 2 is 1.76 bits per heavy atom. The zero-order valence-corrected chi connectivity index (χ0v) is 13.2. The van der Waals surface area contributed by atoms with Gasteiger partial charge in [0.25, 0.3) is 5.69 Å². The molecule has 0 aromatic carbocycles. The van der Waals surface area contributed by atoms with Gasteiger partial charge in [-0.15, -0.1) is 0 Å². The summed E-state index contributed by atoms with van der Waals surface area (Å²) >= 11 is 0. The molecule has 1 N–H and O–H groups in total. The molecule has 0 radical (unpaired) electrons. The molecule has 0 fully saturated rings. The topological polar surface area (TPSA) is 68.1 Å². The largest absolute Gasteiger partial charge is 0.370 e. The maximum Gasteiger partial charge on any atom is 0.290 e. The van der Waals surface area contributed by atoms with Gasteiger partial charge in [0.05, 0.1) is 4.92 Å². The monoisotopic (exact) mass is 293 g/mol. The highest BCUT2D eigenvalue weighted by Crippen LogP contribution is 2.18. The second-order valence-electron chi connectivity index (χ2n) is 5.51. The van der Waals surface area contributed by atoms with Crippen LogP contribution in [0, 0.1) is 17.0 Å². The normalized spacial score (nSPS) is 10.6. The molecule has 0 unspecified atom stereocenters. The fraction of sp³-hybridized carbons (Fsp3) is 0.688. The molecule has 118 valence electrons. The van der Waals surface area contributed by atoms with E-state index in [-0.39, 0.29) is 5.69 Å². The third-order valence-corrected chi connectivity index (χ3v) is 3.62. The average Bonchev–Trinajstić information content (AvgIpc) is 2.45. The van der Waals surface area contributed by atoms with Crippen LogP contribution in [0.5, 0.6) is 0 Å². The smallest absolute Gasteiger partial charge is 0.290 e. The van der Waals surface area contributed by atoms with Crippen molar-refractivity contribution < 1.29 is 4.92 Å². The molecule has 0 saturated heterocycles. The molecule has 5 heteroatoms. The first-order chi connectivity index (χ1) is 10.1. The standard InChI is InChI=1S/C16H27N3O2/c1-3-4-5-6-7-8-9-10-11-17-16-12-14(2)15(13-18-16)19(20)21/h12-13H,3-11H2,1-2H3,(H,17,18). The van der Waals surface area contributed by atoms with Crippen molar-refractivity contribution in [3.63, 3.8) is 0 Å². The van der Waals surface area contributed by atoms with Crippen molar-refractivity contribution in [2.45, 2.75) is 65.2 Å². The molecule has 0 amide bonds. The van der Waals surface area contributed by atoms with Crippen molar-refractivity contribution in [2.24, 2.45) is 0 Å². The number of nitrogens with zero attached hydrogens (tertiary/aromatic N) is 2. The molecule has 0 aliphatic rings. The van der Waals surface area contributed by atoms with Gasteiger partial charge in [-0.1, -0.05) is 51.9 Å². The Kier molecular flexibility index (Phi) is 8.40. The van der Waals surface area contributed by atoms with Crippen LogP contribution in [0.2, 0.25) is 0 Å². The predicted molar refractivity (Wildman–Crippen MR) is 86.7 cm³/mol. The zero-order chi connectivity index (χ0) is 15.5. The molecular formula is C16H27N3O2. The number of nitrogens with one attached hydrogen (secondary N) is 1. The molecule has 0 aliphatic carbocycles. The maximum absolute atomic E-state index is 10.7. The second-order valence-corrected chi connectivity index (χ2v) is 5.51. The molecule has 1 aromatic rings. The van der Waals surface area contributed by atoms with Crippen LogP contribution in [0.1, 0.15) is 63.9 Å². The molecule has 1 aromatic heterocycles. The van der Waals surface area contributed by atoms with Gasteiger partial charge >= 0.3 is 0 Å². The fourth-order valence-electron chi connectivity index (χ4n) is 2.31. The number of aryl methyl sites for hydroxylation is 1. The summed E-state index contributed by atoms with van der Waals surface area (Å²) in [5, 5.41) is 13.9. The number of hydrogen-bond acceptors (Lipinski definition) is 4. The van der Waals surface area contributed by atoms with Crippen LogP contribution in [0.4, 0.5) is 11.5 Å². The highest BCUT2D eigenvalue weighted by Gasteiger charge is 2.10. The van der Waals surface area contributed by atoms with Gasteiger partial charge < -0.3 is 5.32 Å². The van der Waals surface area contributed by atoms with Gasteiger partial charge in [0.1, 0.15) is 12.0 Å². The summed E-state index contributed by atoms with van der Waals surface area (Å²) in [4.78, 5) is 14.4. The zero-order valence-electron chi connectivity index (χ0n) is 13.2. The summed E-state index contributed by atoms with van der Waals surface area (Å²) in [5.74, 6) is 0.723. The summed E-state index contributed by atoms with van der Waals surface area (Å²) < 4.78 is 0. The Morgan fingerprint density at radius 1 is 1.14 bits per heavy atom. The number of nitro groups is 1. The van der Waals surface area contributed by atoms with Gasteiger partial charge in [-0.2, -0.15) is 0 Å². The third-order valence-electron chi connectivity index (χ3n) is 3.62. The summed E-state index contributed by atoms with van der Waals surface area (Å²) in [6.07, 6.45) is 11.7. The number of hydrogen-bond donors (Lipinski definition) is 1. The summed E-state index contributed by atoms with van der Waals surface area (Å²) in [6.45, 7) is 4.85. The Bertz CT molecular complexity index is 436. The van der Waals surface area contributed by atoms with Gasteiger partial charge in [0.15, 0.2) is 0 Å². The molecule has 1 rings (SSSR count). The van der Waals surface area contributed by atoms with E-state index in [4.69, 9.17) is 0 Å². The van der Waals surface area contributed by atoms with E-state index in [1.807, 2.05) is 0 Å². The van der Waals surface area contributed by atoms with Crippen molar-refractivity contribution >= 4 is 11.5 Å². The van der Waals surface area contributed by atoms with Crippen LogP contribution in [-0.2, 0) is 0 Å². The summed E-state index contributed by atoms with van der Waals surface area (Å²) in [7, 11) is 0. The van der Waals surface area contributed by atoms with Crippen LogP contribution in [-0.4, -0.2) is 16.5 Å². The molecule has 5 nitrogen and oxygen atoms in total. The first-order valence-corrected chi connectivity index (χ1v) is 8.00. The molecule has 21 heavy (non-hydrogen) atoms. The number of rotatable bonds is 11. The number of unbranched alkanes of at least 4 members (excludes halogenated alkanes) is 7. The third kappa shape index (κ3) is 7.06. The fourth-order valence-corrected chi connectivity index (χ4v) is 2.31. The van der Waals surface area contributed by atoms with E-state index in [9.17, 15) is 10.1 Å². The predicted octanol–water partition coefficient (Wildman–Crippen LogP) is 4.85. The van der Waals surface area contributed by atoms with Crippen molar-refractivity contribution in [1.82, 2.24) is 4.98 Å². The number of anilines is 1. The first kappa shape index (κ1) is 17.4. The van der Waals surface area contributed by atoms with Crippen molar-refractivity contribution in [2.75, 3.05) is 11.9 Å². The van der Waals surface area contributed by atoms with E-state index in [0.717, 1.165) is 18.8 Å². The van der Waals surface area contributed by atoms with E-state index in [1.165, 1.54) is 51.1 Å². The van der Waals surface area contributed by atoms with E-state index in [0.29, 0.717) is 5.56 Å². The molecule has 0 saturated carbocycles. The maximum atomic E-state index is 10.7. The molecule has 0 atom stereocenters. The van der Waals surface area contributed by atoms with Gasteiger partial charge in [-0.3, -0.25) is 10.1 Å². The van der Waals surface area contributed by atoms with Crippen molar-refractivity contribution in [1.29, 1.82) is 0 Å². The molecule has 0 bridgehead atoms. The van der Waals surface area contributed by atoms with Crippen molar-refractivity contribution in [3.8, 4) is 0 Å². The minimum Gasteiger partial charge on any atom is -0.370 e. The van der Waals surface area contributed by atoms with Crippen LogP contribution in [0.15, 0.2) is 12.3 Å². The van der Waals surface area contributed by atoms with Crippen LogP contribution >= 0.6 is 0 Å². The highest BCUT2D eigenvalue weighted by atomic mass is 16.6. The Hall–Kier alpha value is -1.65. The van der Waals surface area contributed by atoms with Crippen LogP contribution in [0.25, 0.3) is 0 Å². The Labute approximate surface area is 127 Å². The minimum atomic E-state index is -0.398. The molecular weight excluding hydrogens is 266 g/mol. The van der Waals surface area contributed by atoms with Crippen LogP contribution < -0.4 is 5.32 Å². The average molecular weight is 293 g/mol. The molecule has 0 spiro atoms. The molecule has 0 aliphatic heterocycles. The summed E-state index contributed by atoms with van der Waals surface area (Å²) in [6, 6.07) is 1.74. The van der Waals surface area contributed by atoms with Gasteiger partial charge in [-0.05, 0) is 19.4 Å². The van der Waals surface area contributed by atoms with E-state index >= 15 is 0 Å². The Balaban J connectivity index is 2.13. The van der Waals surface area contributed by atoms with E-state index < -0.39 is 4.92 Å². The van der Waals surface area contributed by atoms with Gasteiger partial charge in [-0.25, -0.2) is 4.98 Å². The van der Waals surface area contributed by atoms with Gasteiger partial charge in [0.2, 0.25) is 0 Å². The number of pyridine rings is 1. The van der Waals surface area contributed by atoms with E-state index in [1.54, 1.807) is 13.0 Å². The lowest BCUT2D eigenvalue weighted by atomic mass is 10.1. The lowest BCUT2D eigenvalue weighted by Crippen LogP contribution is -2.04. The first-order valence-electron chi connectivity index (χ1n) is 8.00. The van der Waals surface area contributed by atoms with Crippen molar-refractivity contribution in [3.05, 3.63) is 27.9 Å². The second kappa shape index (κ2) is 10.1. The van der Waals surface area contributed by atoms with E-state index in [2.05, 4.69) is 17.2 Å². The quantitative estimate of drug-likeness (QED) is 0.360. The number of aromatic nitrogens is 1. The lowest BCUT2D eigenvalue weighted by molar-refractivity contribution is -0.385. The lowest BCUT2D eigenvalue weighted by Gasteiger charge is -2.06. The highest BCUT2D eigenvalue weighted by molar-refractivity contribution is 5.46. The SMILES string of the molecule is CCCCCCCCCCNc1cc(C)c([N+](=O)[O-])cn1.